The first-order chi connectivity index (χ1) is 12.9. The Morgan fingerprint density at radius 2 is 2.11 bits per heavy atom. The summed E-state index contributed by atoms with van der Waals surface area (Å²) in [6, 6.07) is 9.94. The van der Waals surface area contributed by atoms with E-state index in [1.165, 1.54) is 6.08 Å². The monoisotopic (exact) mass is 370 g/mol. The topological polar surface area (TPSA) is 69.6 Å². The molecule has 0 bridgehead atoms. The third-order valence-electron chi connectivity index (χ3n) is 5.22. The number of allylic oxidation sites excluding steroid dienone is 2. The van der Waals surface area contributed by atoms with Crippen molar-refractivity contribution in [3.63, 3.8) is 0 Å². The number of rotatable bonds is 6. The van der Waals surface area contributed by atoms with Gasteiger partial charge in [0, 0.05) is 31.2 Å². The summed E-state index contributed by atoms with van der Waals surface area (Å²) in [7, 11) is 0. The molecule has 27 heavy (non-hydrogen) atoms. The second-order valence-electron chi connectivity index (χ2n) is 7.01. The van der Waals surface area contributed by atoms with Crippen LogP contribution in [0.3, 0.4) is 0 Å². The van der Waals surface area contributed by atoms with Crippen molar-refractivity contribution in [3.8, 4) is 0 Å². The minimum absolute atomic E-state index is 0.0487. The largest absolute Gasteiger partial charge is 0.481 e. The van der Waals surface area contributed by atoms with Crippen LogP contribution in [0.1, 0.15) is 18.9 Å². The zero-order chi connectivity index (χ0) is 19.6. The number of carbonyl (C=O) groups excluding carboxylic acids is 1. The Labute approximate surface area is 157 Å². The fourth-order valence-corrected chi connectivity index (χ4v) is 3.62. The molecule has 2 N–H and O–H groups in total. The molecule has 1 aromatic rings. The Balaban J connectivity index is 1.79. The first-order valence-corrected chi connectivity index (χ1v) is 8.94. The predicted octanol–water partition coefficient (Wildman–Crippen LogP) is 3.02. The molecule has 142 valence electrons. The smallest absolute Gasteiger partial charge is 0.316 e. The molecule has 2 aliphatic rings. The summed E-state index contributed by atoms with van der Waals surface area (Å²) in [5, 5.41) is 11.7. The highest BCUT2D eigenvalue weighted by Crippen LogP contribution is 2.33. The van der Waals surface area contributed by atoms with E-state index in [0.29, 0.717) is 6.54 Å². The van der Waals surface area contributed by atoms with Gasteiger partial charge in [-0.25, -0.2) is 4.39 Å². The van der Waals surface area contributed by atoms with Crippen molar-refractivity contribution in [2.45, 2.75) is 19.9 Å². The maximum absolute atomic E-state index is 14.9. The summed E-state index contributed by atoms with van der Waals surface area (Å²) in [5.41, 5.74) is 3.05. The number of carbonyl (C=O) groups is 2. The summed E-state index contributed by atoms with van der Waals surface area (Å²) >= 11 is 0. The Morgan fingerprint density at radius 1 is 1.41 bits per heavy atom. The third kappa shape index (κ3) is 3.94. The number of hydrogen-bond donors (Lipinski definition) is 2. The lowest BCUT2D eigenvalue weighted by atomic mass is 9.88. The summed E-state index contributed by atoms with van der Waals surface area (Å²) in [4.78, 5) is 25.2. The number of nitrogens with zero attached hydrogens (tertiary/aromatic N) is 1. The van der Waals surface area contributed by atoms with Gasteiger partial charge in [-0.3, -0.25) is 9.59 Å². The zero-order valence-corrected chi connectivity index (χ0v) is 15.2. The van der Waals surface area contributed by atoms with Gasteiger partial charge in [0.05, 0.1) is 0 Å². The molecule has 1 aromatic carbocycles. The maximum Gasteiger partial charge on any atom is 0.316 e. The van der Waals surface area contributed by atoms with Gasteiger partial charge in [-0.05, 0) is 36.1 Å². The SMILES string of the molecule is C=C(/C(F)=C\C1=C(C)CCN1Cc1ccccc1)[C@@H]1CNC(=O)[C@H]1C(=O)O. The third-order valence-corrected chi connectivity index (χ3v) is 5.22. The molecule has 1 fully saturated rings. The first kappa shape index (κ1) is 18.9. The van der Waals surface area contributed by atoms with E-state index in [2.05, 4.69) is 16.8 Å². The molecule has 0 aliphatic carbocycles. The van der Waals surface area contributed by atoms with E-state index in [-0.39, 0.29) is 12.1 Å². The lowest BCUT2D eigenvalue weighted by molar-refractivity contribution is -0.146. The minimum atomic E-state index is -1.30. The second-order valence-corrected chi connectivity index (χ2v) is 7.01. The number of amides is 1. The van der Waals surface area contributed by atoms with E-state index in [4.69, 9.17) is 0 Å². The van der Waals surface area contributed by atoms with Gasteiger partial charge >= 0.3 is 5.97 Å². The lowest BCUT2D eigenvalue weighted by Gasteiger charge is -2.22. The molecule has 0 unspecified atom stereocenters. The van der Waals surface area contributed by atoms with Crippen molar-refractivity contribution in [1.82, 2.24) is 10.2 Å². The van der Waals surface area contributed by atoms with Crippen LogP contribution in [-0.2, 0) is 16.1 Å². The Hall–Kier alpha value is -2.89. The minimum Gasteiger partial charge on any atom is -0.481 e. The molecule has 0 spiro atoms. The number of carboxylic acid groups (broad SMARTS) is 1. The standard InChI is InChI=1S/C21H23FN2O3/c1-13-8-9-24(12-15-6-4-3-5-7-15)18(13)10-17(22)14(2)16-11-23-20(25)19(16)21(26)27/h3-7,10,16,19H,2,8-9,11-12H2,1H3,(H,23,25)(H,26,27)/b17-10+/t16-,19-/m0/s1. The average molecular weight is 370 g/mol. The van der Waals surface area contributed by atoms with Crippen LogP contribution in [0.25, 0.3) is 0 Å². The number of halogens is 1. The summed E-state index contributed by atoms with van der Waals surface area (Å²) in [6.07, 6.45) is 2.27. The highest BCUT2D eigenvalue weighted by atomic mass is 19.1. The summed E-state index contributed by atoms with van der Waals surface area (Å²) in [6.45, 7) is 7.26. The molecule has 3 rings (SSSR count). The van der Waals surface area contributed by atoms with E-state index in [0.717, 1.165) is 29.8 Å². The van der Waals surface area contributed by atoms with Crippen LogP contribution in [0.15, 0.2) is 65.7 Å². The molecule has 6 heteroatoms. The van der Waals surface area contributed by atoms with Crippen molar-refractivity contribution in [1.29, 1.82) is 0 Å². The lowest BCUT2D eigenvalue weighted by Crippen LogP contribution is -2.28. The van der Waals surface area contributed by atoms with Gasteiger partial charge in [0.1, 0.15) is 11.7 Å². The number of benzene rings is 1. The van der Waals surface area contributed by atoms with Gasteiger partial charge in [-0.15, -0.1) is 0 Å². The van der Waals surface area contributed by atoms with Crippen LogP contribution in [-0.4, -0.2) is 35.0 Å². The molecule has 2 atom stereocenters. The van der Waals surface area contributed by atoms with Crippen molar-refractivity contribution in [2.75, 3.05) is 13.1 Å². The van der Waals surface area contributed by atoms with E-state index < -0.39 is 29.5 Å². The van der Waals surface area contributed by atoms with Gasteiger partial charge in [-0.2, -0.15) is 0 Å². The number of nitrogens with one attached hydrogen (secondary N) is 1. The average Bonchev–Trinajstić information content (AvgIpc) is 3.19. The van der Waals surface area contributed by atoms with Crippen molar-refractivity contribution in [3.05, 3.63) is 71.2 Å². The molecule has 2 aliphatic heterocycles. The van der Waals surface area contributed by atoms with Crippen molar-refractivity contribution >= 4 is 11.9 Å². The molecule has 0 aromatic heterocycles. The number of hydrogen-bond acceptors (Lipinski definition) is 3. The van der Waals surface area contributed by atoms with E-state index >= 15 is 0 Å². The van der Waals surface area contributed by atoms with Crippen LogP contribution in [0, 0.1) is 11.8 Å². The van der Waals surface area contributed by atoms with Gasteiger partial charge in [-0.1, -0.05) is 36.9 Å². The molecule has 5 nitrogen and oxygen atoms in total. The first-order valence-electron chi connectivity index (χ1n) is 8.94. The molecule has 1 amide bonds. The number of carboxylic acids is 1. The van der Waals surface area contributed by atoms with E-state index in [1.54, 1.807) is 0 Å². The summed E-state index contributed by atoms with van der Waals surface area (Å²) < 4.78 is 14.9. The van der Waals surface area contributed by atoms with E-state index in [9.17, 15) is 19.1 Å². The highest BCUT2D eigenvalue weighted by Gasteiger charge is 2.42. The molecule has 0 saturated carbocycles. The second kappa shape index (κ2) is 7.78. The van der Waals surface area contributed by atoms with Gasteiger partial charge in [0.2, 0.25) is 5.91 Å². The van der Waals surface area contributed by atoms with Crippen LogP contribution in [0.5, 0.6) is 0 Å². The van der Waals surface area contributed by atoms with Gasteiger partial charge in [0.15, 0.2) is 0 Å². The fourth-order valence-electron chi connectivity index (χ4n) is 3.62. The summed E-state index contributed by atoms with van der Waals surface area (Å²) in [5.74, 6) is -4.50. The Kier molecular flexibility index (Phi) is 5.44. The Bertz CT molecular complexity index is 829. The molecular weight excluding hydrogens is 347 g/mol. The van der Waals surface area contributed by atoms with E-state index in [1.807, 2.05) is 37.3 Å². The van der Waals surface area contributed by atoms with Crippen molar-refractivity contribution in [2.24, 2.45) is 11.8 Å². The Morgan fingerprint density at radius 3 is 2.78 bits per heavy atom. The quantitative estimate of drug-likeness (QED) is 0.597. The van der Waals surface area contributed by atoms with Gasteiger partial charge < -0.3 is 15.3 Å². The van der Waals surface area contributed by atoms with Crippen LogP contribution >= 0.6 is 0 Å². The molecule has 1 saturated heterocycles. The number of aliphatic carboxylic acids is 1. The molecule has 0 radical (unpaired) electrons. The normalized spacial score (nSPS) is 23.0. The highest BCUT2D eigenvalue weighted by molar-refractivity contribution is 5.99. The molecule has 2 heterocycles. The van der Waals surface area contributed by atoms with Crippen LogP contribution in [0.4, 0.5) is 4.39 Å². The van der Waals surface area contributed by atoms with Crippen LogP contribution in [0.2, 0.25) is 0 Å². The predicted molar refractivity (Wildman–Crippen MR) is 100 cm³/mol. The fraction of sp³-hybridized carbons (Fsp3) is 0.333. The van der Waals surface area contributed by atoms with Gasteiger partial charge in [0.25, 0.3) is 0 Å². The van der Waals surface area contributed by atoms with Crippen LogP contribution < -0.4 is 5.32 Å². The maximum atomic E-state index is 14.9. The zero-order valence-electron chi connectivity index (χ0n) is 15.2. The molecular formula is C21H23FN2O3. The van der Waals surface area contributed by atoms with Crippen molar-refractivity contribution < 1.29 is 19.1 Å².